The van der Waals surface area contributed by atoms with Crippen LogP contribution in [-0.4, -0.2) is 12.3 Å². The van der Waals surface area contributed by atoms with Crippen molar-refractivity contribution < 1.29 is 9.18 Å². The third-order valence-electron chi connectivity index (χ3n) is 3.86. The molecule has 0 aliphatic rings. The zero-order chi connectivity index (χ0) is 15.2. The first-order valence-corrected chi connectivity index (χ1v) is 7.29. The van der Waals surface area contributed by atoms with Crippen molar-refractivity contribution in [3.63, 3.8) is 0 Å². The number of rotatable bonds is 7. The summed E-state index contributed by atoms with van der Waals surface area (Å²) in [7, 11) is 0. The largest absolute Gasteiger partial charge is 0.330 e. The normalized spacial score (nSPS) is 13.2. The Hall–Kier alpha value is -1.22. The summed E-state index contributed by atoms with van der Waals surface area (Å²) in [5, 5.41) is 0. The van der Waals surface area contributed by atoms with E-state index in [2.05, 4.69) is 20.8 Å². The van der Waals surface area contributed by atoms with E-state index >= 15 is 0 Å². The lowest BCUT2D eigenvalue weighted by Crippen LogP contribution is -2.24. The summed E-state index contributed by atoms with van der Waals surface area (Å²) in [6.07, 6.45) is 2.44. The Morgan fingerprint density at radius 3 is 2.45 bits per heavy atom. The van der Waals surface area contributed by atoms with Crippen LogP contribution in [-0.2, 0) is 11.2 Å². The molecule has 1 atom stereocenters. The fourth-order valence-corrected chi connectivity index (χ4v) is 2.49. The molecule has 1 aromatic rings. The van der Waals surface area contributed by atoms with Crippen LogP contribution < -0.4 is 5.73 Å². The van der Waals surface area contributed by atoms with Gasteiger partial charge >= 0.3 is 0 Å². The summed E-state index contributed by atoms with van der Waals surface area (Å²) >= 11 is 0. The molecule has 3 heteroatoms. The van der Waals surface area contributed by atoms with Crippen LogP contribution in [0.3, 0.4) is 0 Å². The van der Waals surface area contributed by atoms with Crippen LogP contribution in [0.25, 0.3) is 0 Å². The van der Waals surface area contributed by atoms with E-state index in [1.807, 2.05) is 0 Å². The quantitative estimate of drug-likeness (QED) is 0.826. The number of carbonyl (C=O) groups is 1. The molecule has 0 aliphatic heterocycles. The highest BCUT2D eigenvalue weighted by Gasteiger charge is 2.24. The van der Waals surface area contributed by atoms with Gasteiger partial charge in [-0.2, -0.15) is 0 Å². The van der Waals surface area contributed by atoms with Crippen LogP contribution in [0.1, 0.15) is 45.6 Å². The van der Waals surface area contributed by atoms with Gasteiger partial charge in [0.05, 0.1) is 0 Å². The number of Topliss-reactive ketones (excluding diaryl/α,β-unsaturated/α-hetero) is 1. The number of halogens is 1. The molecule has 0 radical (unpaired) electrons. The highest BCUT2D eigenvalue weighted by molar-refractivity contribution is 5.80. The topological polar surface area (TPSA) is 43.1 Å². The van der Waals surface area contributed by atoms with E-state index in [0.29, 0.717) is 24.4 Å². The zero-order valence-electron chi connectivity index (χ0n) is 12.8. The van der Waals surface area contributed by atoms with Crippen molar-refractivity contribution in [3.05, 3.63) is 35.6 Å². The number of hydrogen-bond acceptors (Lipinski definition) is 2. The molecule has 0 bridgehead atoms. The second-order valence-electron chi connectivity index (χ2n) is 6.49. The predicted molar refractivity (Wildman–Crippen MR) is 81.0 cm³/mol. The van der Waals surface area contributed by atoms with Gasteiger partial charge in [0.15, 0.2) is 0 Å². The number of carbonyl (C=O) groups excluding carboxylic acids is 1. The first-order valence-electron chi connectivity index (χ1n) is 7.29. The summed E-state index contributed by atoms with van der Waals surface area (Å²) in [6.45, 7) is 7.17. The molecule has 112 valence electrons. The molecule has 0 saturated heterocycles. The van der Waals surface area contributed by atoms with Gasteiger partial charge < -0.3 is 5.73 Å². The van der Waals surface area contributed by atoms with E-state index in [1.54, 1.807) is 18.2 Å². The van der Waals surface area contributed by atoms with E-state index in [1.165, 1.54) is 6.07 Å². The predicted octanol–water partition coefficient (Wildman–Crippen LogP) is 3.73. The van der Waals surface area contributed by atoms with Crippen LogP contribution in [0, 0.1) is 17.2 Å². The van der Waals surface area contributed by atoms with Gasteiger partial charge in [-0.3, -0.25) is 4.79 Å². The third-order valence-corrected chi connectivity index (χ3v) is 3.86. The Balaban J connectivity index is 2.52. The lowest BCUT2D eigenvalue weighted by Gasteiger charge is -2.30. The van der Waals surface area contributed by atoms with E-state index < -0.39 is 0 Å². The molecule has 0 saturated carbocycles. The average molecular weight is 279 g/mol. The number of nitrogens with two attached hydrogens (primary N) is 1. The van der Waals surface area contributed by atoms with Crippen molar-refractivity contribution in [2.24, 2.45) is 17.1 Å². The number of hydrogen-bond donors (Lipinski definition) is 1. The molecule has 2 nitrogen and oxygen atoms in total. The van der Waals surface area contributed by atoms with Crippen LogP contribution in [0.2, 0.25) is 0 Å². The minimum Gasteiger partial charge on any atom is -0.330 e. The van der Waals surface area contributed by atoms with Gasteiger partial charge in [-0.05, 0) is 42.3 Å². The second-order valence-corrected chi connectivity index (χ2v) is 6.49. The lowest BCUT2D eigenvalue weighted by atomic mass is 9.76. The highest BCUT2D eigenvalue weighted by Crippen LogP contribution is 2.32. The van der Waals surface area contributed by atoms with Crippen molar-refractivity contribution in [2.45, 2.75) is 46.5 Å². The van der Waals surface area contributed by atoms with Gasteiger partial charge in [0.1, 0.15) is 11.6 Å². The Morgan fingerprint density at radius 2 is 1.90 bits per heavy atom. The average Bonchev–Trinajstić information content (AvgIpc) is 2.36. The van der Waals surface area contributed by atoms with E-state index in [-0.39, 0.29) is 23.4 Å². The van der Waals surface area contributed by atoms with E-state index in [0.717, 1.165) is 12.8 Å². The molecule has 1 unspecified atom stereocenters. The number of ketones is 1. The maximum absolute atomic E-state index is 13.5. The van der Waals surface area contributed by atoms with Gasteiger partial charge in [-0.25, -0.2) is 4.39 Å². The maximum Gasteiger partial charge on any atom is 0.137 e. The Morgan fingerprint density at radius 1 is 1.25 bits per heavy atom. The minimum atomic E-state index is -0.296. The van der Waals surface area contributed by atoms with E-state index in [4.69, 9.17) is 5.73 Å². The maximum atomic E-state index is 13.5. The summed E-state index contributed by atoms with van der Waals surface area (Å²) in [5.74, 6) is 0.230. The smallest absolute Gasteiger partial charge is 0.137 e. The Kier molecular flexibility index (Phi) is 6.34. The standard InChI is InChI=1S/C17H26FNO/c1-17(2,3)14(10-11-19)8-9-15(20)12-13-6-4-5-7-16(13)18/h4-7,14H,8-12,19H2,1-3H3. The molecule has 0 spiro atoms. The molecule has 0 aliphatic carbocycles. The van der Waals surface area contributed by atoms with Crippen LogP contribution in [0.4, 0.5) is 4.39 Å². The van der Waals surface area contributed by atoms with Crippen molar-refractivity contribution in [1.29, 1.82) is 0 Å². The fraction of sp³-hybridized carbons (Fsp3) is 0.588. The number of benzene rings is 1. The molecule has 1 aromatic carbocycles. The molecule has 20 heavy (non-hydrogen) atoms. The molecule has 2 N–H and O–H groups in total. The van der Waals surface area contributed by atoms with Crippen molar-refractivity contribution in [3.8, 4) is 0 Å². The highest BCUT2D eigenvalue weighted by atomic mass is 19.1. The molecular weight excluding hydrogens is 253 g/mol. The van der Waals surface area contributed by atoms with Crippen molar-refractivity contribution in [1.82, 2.24) is 0 Å². The molecule has 0 heterocycles. The van der Waals surface area contributed by atoms with Crippen LogP contribution >= 0.6 is 0 Å². The van der Waals surface area contributed by atoms with Gasteiger partial charge in [-0.1, -0.05) is 39.0 Å². The summed E-state index contributed by atoms with van der Waals surface area (Å²) in [5.41, 5.74) is 6.28. The first kappa shape index (κ1) is 16.8. The minimum absolute atomic E-state index is 0.0985. The molecule has 0 amide bonds. The SMILES string of the molecule is CC(C)(C)C(CCN)CCC(=O)Cc1ccccc1F. The van der Waals surface area contributed by atoms with Crippen LogP contribution in [0.5, 0.6) is 0 Å². The monoisotopic (exact) mass is 279 g/mol. The van der Waals surface area contributed by atoms with Gasteiger partial charge in [0, 0.05) is 12.8 Å². The van der Waals surface area contributed by atoms with Crippen LogP contribution in [0.15, 0.2) is 24.3 Å². The van der Waals surface area contributed by atoms with Gasteiger partial charge in [0.2, 0.25) is 0 Å². The van der Waals surface area contributed by atoms with Crippen molar-refractivity contribution >= 4 is 5.78 Å². The Bertz CT molecular complexity index is 437. The van der Waals surface area contributed by atoms with E-state index in [9.17, 15) is 9.18 Å². The third kappa shape index (κ3) is 5.41. The molecule has 0 fully saturated rings. The summed E-state index contributed by atoms with van der Waals surface area (Å²) in [4.78, 5) is 12.0. The summed E-state index contributed by atoms with van der Waals surface area (Å²) < 4.78 is 13.5. The Labute approximate surface area is 121 Å². The summed E-state index contributed by atoms with van der Waals surface area (Å²) in [6, 6.07) is 6.47. The molecule has 0 aromatic heterocycles. The zero-order valence-corrected chi connectivity index (χ0v) is 12.8. The second kappa shape index (κ2) is 7.53. The van der Waals surface area contributed by atoms with Crippen molar-refractivity contribution in [2.75, 3.05) is 6.54 Å². The lowest BCUT2D eigenvalue weighted by molar-refractivity contribution is -0.118. The first-order chi connectivity index (χ1) is 9.34. The van der Waals surface area contributed by atoms with Gasteiger partial charge in [-0.15, -0.1) is 0 Å². The van der Waals surface area contributed by atoms with Gasteiger partial charge in [0.25, 0.3) is 0 Å². The molecular formula is C17H26FNO. The fourth-order valence-electron chi connectivity index (χ4n) is 2.49. The molecule has 1 rings (SSSR count).